The van der Waals surface area contributed by atoms with Crippen molar-refractivity contribution in [3.8, 4) is 0 Å². The van der Waals surface area contributed by atoms with Crippen molar-refractivity contribution in [3.05, 3.63) is 35.6 Å². The first-order valence-corrected chi connectivity index (χ1v) is 11.5. The largest absolute Gasteiger partial charge is 0.381 e. The number of guanidine groups is 1. The minimum absolute atomic E-state index is 0. The number of halogens is 2. The number of hydrogen-bond acceptors (Lipinski definition) is 3. The van der Waals surface area contributed by atoms with Gasteiger partial charge in [0.05, 0.1) is 12.0 Å². The normalized spacial score (nSPS) is 19.7. The standard InChI is InChI=1S/C24H37FN4O2.HI/c1-4-26-22(28-18-24(10-5-6-11-24)21(30)29(2)3)27-17-23(12-14-31-15-13-23)19-8-7-9-20(25)16-19;/h7-9,16H,4-6,10-15,17-18H2,1-3H3,(H2,26,27,28);1H. The van der Waals surface area contributed by atoms with E-state index in [4.69, 9.17) is 9.73 Å². The number of ether oxygens (including phenoxy) is 1. The van der Waals surface area contributed by atoms with Gasteiger partial charge < -0.3 is 20.3 Å². The summed E-state index contributed by atoms with van der Waals surface area (Å²) in [5.41, 5.74) is 0.389. The molecule has 1 aromatic rings. The number of aliphatic imine (C=N–C) groups is 1. The van der Waals surface area contributed by atoms with Crippen LogP contribution < -0.4 is 10.6 Å². The van der Waals surface area contributed by atoms with E-state index in [9.17, 15) is 9.18 Å². The van der Waals surface area contributed by atoms with E-state index in [-0.39, 0.29) is 41.1 Å². The van der Waals surface area contributed by atoms with Crippen molar-refractivity contribution in [2.45, 2.75) is 50.9 Å². The Morgan fingerprint density at radius 1 is 1.16 bits per heavy atom. The van der Waals surface area contributed by atoms with Gasteiger partial charge in [0.25, 0.3) is 0 Å². The third-order valence-corrected chi connectivity index (χ3v) is 6.79. The number of hydrogen-bond donors (Lipinski definition) is 2. The molecule has 0 unspecified atom stereocenters. The monoisotopic (exact) mass is 560 g/mol. The van der Waals surface area contributed by atoms with E-state index in [1.54, 1.807) is 17.0 Å². The molecule has 0 radical (unpaired) electrons. The number of rotatable bonds is 7. The van der Waals surface area contributed by atoms with Gasteiger partial charge in [0.2, 0.25) is 5.91 Å². The van der Waals surface area contributed by atoms with Crippen molar-refractivity contribution in [1.29, 1.82) is 0 Å². The quantitative estimate of drug-likeness (QED) is 0.304. The van der Waals surface area contributed by atoms with Crippen molar-refractivity contribution < 1.29 is 13.9 Å². The van der Waals surface area contributed by atoms with Crippen LogP contribution in [0.4, 0.5) is 4.39 Å². The number of nitrogens with one attached hydrogen (secondary N) is 2. The number of benzene rings is 1. The molecule has 180 valence electrons. The third kappa shape index (κ3) is 6.34. The molecule has 1 amide bonds. The van der Waals surface area contributed by atoms with E-state index in [1.165, 1.54) is 6.07 Å². The first-order chi connectivity index (χ1) is 14.9. The minimum atomic E-state index is -0.398. The fourth-order valence-electron chi connectivity index (χ4n) is 4.94. The van der Waals surface area contributed by atoms with Crippen LogP contribution in [0.2, 0.25) is 0 Å². The van der Waals surface area contributed by atoms with Crippen LogP contribution in [0.15, 0.2) is 29.3 Å². The maximum absolute atomic E-state index is 14.0. The van der Waals surface area contributed by atoms with Crippen LogP contribution in [0.25, 0.3) is 0 Å². The first kappa shape index (κ1) is 26.8. The lowest BCUT2D eigenvalue weighted by molar-refractivity contribution is -0.138. The van der Waals surface area contributed by atoms with Gasteiger partial charge in [-0.15, -0.1) is 24.0 Å². The molecule has 0 aromatic heterocycles. The summed E-state index contributed by atoms with van der Waals surface area (Å²) < 4.78 is 19.6. The Morgan fingerprint density at radius 3 is 2.44 bits per heavy atom. The lowest BCUT2D eigenvalue weighted by Gasteiger charge is -2.38. The first-order valence-electron chi connectivity index (χ1n) is 11.5. The van der Waals surface area contributed by atoms with Crippen LogP contribution in [0.3, 0.4) is 0 Å². The summed E-state index contributed by atoms with van der Waals surface area (Å²) in [4.78, 5) is 19.4. The summed E-state index contributed by atoms with van der Waals surface area (Å²) in [7, 11) is 3.65. The Hall–Kier alpha value is -1.42. The molecule has 2 fully saturated rings. The summed E-state index contributed by atoms with van der Waals surface area (Å²) in [6, 6.07) is 6.90. The van der Waals surface area contributed by atoms with Crippen LogP contribution in [0.5, 0.6) is 0 Å². The van der Waals surface area contributed by atoms with Crippen LogP contribution in [0.1, 0.15) is 51.0 Å². The van der Waals surface area contributed by atoms with Gasteiger partial charge in [-0.05, 0) is 50.3 Å². The molecule has 2 N–H and O–H groups in total. The van der Waals surface area contributed by atoms with Crippen LogP contribution in [-0.2, 0) is 14.9 Å². The second-order valence-corrected chi connectivity index (χ2v) is 9.14. The van der Waals surface area contributed by atoms with Gasteiger partial charge >= 0.3 is 0 Å². The highest BCUT2D eigenvalue weighted by molar-refractivity contribution is 14.0. The maximum atomic E-state index is 14.0. The van der Waals surface area contributed by atoms with Crippen molar-refractivity contribution in [1.82, 2.24) is 15.5 Å². The highest BCUT2D eigenvalue weighted by Crippen LogP contribution is 2.40. The van der Waals surface area contributed by atoms with Crippen molar-refractivity contribution in [3.63, 3.8) is 0 Å². The topological polar surface area (TPSA) is 66.0 Å². The van der Waals surface area contributed by atoms with Gasteiger partial charge in [0.1, 0.15) is 5.82 Å². The van der Waals surface area contributed by atoms with Crippen LogP contribution in [0, 0.1) is 11.2 Å². The fourth-order valence-corrected chi connectivity index (χ4v) is 4.94. The third-order valence-electron chi connectivity index (χ3n) is 6.79. The highest BCUT2D eigenvalue weighted by Gasteiger charge is 2.42. The van der Waals surface area contributed by atoms with Gasteiger partial charge in [-0.3, -0.25) is 9.79 Å². The Balaban J connectivity index is 0.00000363. The van der Waals surface area contributed by atoms with Crippen molar-refractivity contribution in [2.24, 2.45) is 10.4 Å². The highest BCUT2D eigenvalue weighted by atomic mass is 127. The maximum Gasteiger partial charge on any atom is 0.230 e. The number of carbonyl (C=O) groups excluding carboxylic acids is 1. The summed E-state index contributed by atoms with van der Waals surface area (Å²) >= 11 is 0. The molecule has 6 nitrogen and oxygen atoms in total. The summed E-state index contributed by atoms with van der Waals surface area (Å²) in [6.07, 6.45) is 5.57. The molecule has 1 saturated heterocycles. The summed E-state index contributed by atoms with van der Waals surface area (Å²) in [6.45, 7) is 5.20. The zero-order chi connectivity index (χ0) is 22.3. The second-order valence-electron chi connectivity index (χ2n) is 9.14. The van der Waals surface area contributed by atoms with Gasteiger partial charge in [-0.2, -0.15) is 0 Å². The van der Waals surface area contributed by atoms with Crippen molar-refractivity contribution >= 4 is 35.8 Å². The lowest BCUT2D eigenvalue weighted by atomic mass is 9.74. The molecule has 0 atom stereocenters. The van der Waals surface area contributed by atoms with Crippen molar-refractivity contribution in [2.75, 3.05) is 46.9 Å². The van der Waals surface area contributed by atoms with Crippen LogP contribution >= 0.6 is 24.0 Å². The Bertz CT molecular complexity index is 775. The summed E-state index contributed by atoms with van der Waals surface area (Å²) in [5.74, 6) is 0.669. The molecule has 0 spiro atoms. The predicted octanol–water partition coefficient (Wildman–Crippen LogP) is 3.70. The van der Waals surface area contributed by atoms with E-state index >= 15 is 0 Å². The minimum Gasteiger partial charge on any atom is -0.381 e. The predicted molar refractivity (Wildman–Crippen MR) is 137 cm³/mol. The number of carbonyl (C=O) groups is 1. The molecule has 1 aliphatic carbocycles. The van der Waals surface area contributed by atoms with Crippen LogP contribution in [-0.4, -0.2) is 63.7 Å². The van der Waals surface area contributed by atoms with Gasteiger partial charge in [0, 0.05) is 45.8 Å². The molecular formula is C24H38FIN4O2. The smallest absolute Gasteiger partial charge is 0.230 e. The molecule has 32 heavy (non-hydrogen) atoms. The SMILES string of the molecule is CCNC(=NCC1(C(=O)N(C)C)CCCC1)NCC1(c2cccc(F)c2)CCOCC1.I. The van der Waals surface area contributed by atoms with Gasteiger partial charge in [-0.25, -0.2) is 4.39 Å². The zero-order valence-corrected chi connectivity index (χ0v) is 21.9. The average molecular weight is 560 g/mol. The van der Waals surface area contributed by atoms with E-state index < -0.39 is 5.41 Å². The van der Waals surface area contributed by atoms with E-state index in [0.29, 0.717) is 32.3 Å². The molecule has 1 heterocycles. The molecular weight excluding hydrogens is 522 g/mol. The van der Waals surface area contributed by atoms with E-state index in [1.807, 2.05) is 27.1 Å². The molecule has 1 aromatic carbocycles. The molecule has 1 saturated carbocycles. The molecule has 3 rings (SSSR count). The van der Waals surface area contributed by atoms with E-state index in [2.05, 4.69) is 10.6 Å². The molecule has 1 aliphatic heterocycles. The number of nitrogens with zero attached hydrogens (tertiary/aromatic N) is 2. The van der Waals surface area contributed by atoms with Gasteiger partial charge in [-0.1, -0.05) is 25.0 Å². The Kier molecular flexibility index (Phi) is 10.2. The Morgan fingerprint density at radius 2 is 1.84 bits per heavy atom. The summed E-state index contributed by atoms with van der Waals surface area (Å²) in [5, 5.41) is 6.81. The second kappa shape index (κ2) is 12.2. The molecule has 2 aliphatic rings. The molecule has 0 bridgehead atoms. The lowest BCUT2D eigenvalue weighted by Crippen LogP contribution is -2.48. The zero-order valence-electron chi connectivity index (χ0n) is 19.6. The Labute approximate surface area is 208 Å². The van der Waals surface area contributed by atoms with Gasteiger partial charge in [0.15, 0.2) is 5.96 Å². The van der Waals surface area contributed by atoms with E-state index in [0.717, 1.165) is 50.6 Å². The molecule has 8 heteroatoms. The fraction of sp³-hybridized carbons (Fsp3) is 0.667. The average Bonchev–Trinajstić information content (AvgIpc) is 3.26. The number of amides is 1.